The van der Waals surface area contributed by atoms with E-state index in [1.54, 1.807) is 23.1 Å². The topological polar surface area (TPSA) is 49.8 Å². The van der Waals surface area contributed by atoms with E-state index in [0.29, 0.717) is 15.0 Å². The van der Waals surface area contributed by atoms with Crippen LogP contribution in [0.15, 0.2) is 47.4 Å². The van der Waals surface area contributed by atoms with Crippen molar-refractivity contribution in [3.8, 4) is 11.5 Å². The molecule has 0 unspecified atom stereocenters. The van der Waals surface area contributed by atoms with E-state index in [4.69, 9.17) is 17.0 Å². The third-order valence-corrected chi connectivity index (χ3v) is 5.21. The summed E-state index contributed by atoms with van der Waals surface area (Å²) < 4.78 is 5.63. The highest BCUT2D eigenvalue weighted by molar-refractivity contribution is 8.27. The number of aromatic hydroxyl groups is 1. The van der Waals surface area contributed by atoms with Crippen LogP contribution in [0.2, 0.25) is 0 Å². The van der Waals surface area contributed by atoms with Gasteiger partial charge in [0.2, 0.25) is 0 Å². The first kappa shape index (κ1) is 17.5. The highest BCUT2D eigenvalue weighted by atomic mass is 32.2. The number of hydrogen-bond donors (Lipinski definition) is 1. The first-order valence-corrected chi connectivity index (χ1v) is 9.00. The Morgan fingerprint density at radius 1 is 1.28 bits per heavy atom. The van der Waals surface area contributed by atoms with Crippen LogP contribution >= 0.6 is 24.0 Å². The average molecular weight is 371 g/mol. The number of phenols is 1. The van der Waals surface area contributed by atoms with Gasteiger partial charge in [-0.2, -0.15) is 0 Å². The van der Waals surface area contributed by atoms with E-state index in [0.717, 1.165) is 23.2 Å². The first-order chi connectivity index (χ1) is 12.0. The maximum Gasteiger partial charge on any atom is 0.270 e. The van der Waals surface area contributed by atoms with Gasteiger partial charge in [-0.3, -0.25) is 9.69 Å². The minimum atomic E-state index is -0.136. The molecule has 1 aliphatic rings. The molecule has 128 valence electrons. The summed E-state index contributed by atoms with van der Waals surface area (Å²) in [6.45, 7) is 2.05. The van der Waals surface area contributed by atoms with Crippen LogP contribution in [0.3, 0.4) is 0 Å². The zero-order valence-electron chi connectivity index (χ0n) is 13.9. The molecule has 25 heavy (non-hydrogen) atoms. The van der Waals surface area contributed by atoms with E-state index in [2.05, 4.69) is 6.92 Å². The van der Waals surface area contributed by atoms with E-state index in [-0.39, 0.29) is 11.7 Å². The van der Waals surface area contributed by atoms with E-state index in [1.807, 2.05) is 24.3 Å². The van der Waals surface area contributed by atoms with Crippen LogP contribution in [0.5, 0.6) is 11.5 Å². The van der Waals surface area contributed by atoms with Crippen molar-refractivity contribution in [1.82, 2.24) is 0 Å². The fourth-order valence-electron chi connectivity index (χ4n) is 2.64. The molecule has 3 rings (SSSR count). The number of para-hydroxylation sites is 1. The molecule has 1 heterocycles. The number of hydrogen-bond acceptors (Lipinski definition) is 5. The number of thiocarbonyl (C=S) groups is 1. The monoisotopic (exact) mass is 371 g/mol. The van der Waals surface area contributed by atoms with Crippen LogP contribution < -0.4 is 9.64 Å². The first-order valence-electron chi connectivity index (χ1n) is 7.78. The molecule has 1 saturated heterocycles. The molecule has 1 amide bonds. The molecule has 0 atom stereocenters. The Morgan fingerprint density at radius 3 is 2.76 bits per heavy atom. The second-order valence-electron chi connectivity index (χ2n) is 5.43. The Kier molecular flexibility index (Phi) is 5.11. The Morgan fingerprint density at radius 2 is 2.04 bits per heavy atom. The number of carbonyl (C=O) groups is 1. The molecule has 2 aromatic carbocycles. The summed E-state index contributed by atoms with van der Waals surface area (Å²) in [6.07, 6.45) is 2.58. The smallest absolute Gasteiger partial charge is 0.270 e. The molecule has 0 bridgehead atoms. The summed E-state index contributed by atoms with van der Waals surface area (Å²) in [6, 6.07) is 12.7. The van der Waals surface area contributed by atoms with Crippen LogP contribution in [0.25, 0.3) is 6.08 Å². The van der Waals surface area contributed by atoms with Crippen LogP contribution in [-0.4, -0.2) is 22.4 Å². The Bertz CT molecular complexity index is 877. The number of ether oxygens (including phenoxy) is 1. The van der Waals surface area contributed by atoms with Gasteiger partial charge in [0.1, 0.15) is 0 Å². The quantitative estimate of drug-likeness (QED) is 0.639. The Labute approximate surface area is 156 Å². The minimum absolute atomic E-state index is 0.0593. The fraction of sp³-hybridized carbons (Fsp3) is 0.158. The second-order valence-corrected chi connectivity index (χ2v) is 7.11. The maximum absolute atomic E-state index is 12.9. The lowest BCUT2D eigenvalue weighted by atomic mass is 10.1. The predicted molar refractivity (Wildman–Crippen MR) is 106 cm³/mol. The lowest BCUT2D eigenvalue weighted by Crippen LogP contribution is -2.28. The van der Waals surface area contributed by atoms with Crippen LogP contribution in [-0.2, 0) is 11.2 Å². The molecule has 1 fully saturated rings. The van der Waals surface area contributed by atoms with E-state index in [1.165, 1.54) is 24.9 Å². The number of nitrogens with zero attached hydrogens (tertiary/aromatic N) is 1. The molecule has 0 aliphatic carbocycles. The number of anilines is 1. The lowest BCUT2D eigenvalue weighted by Gasteiger charge is -2.18. The highest BCUT2D eigenvalue weighted by Crippen LogP contribution is 2.38. The standard InChI is InChI=1S/C19H17NO3S2/c1-3-13-6-4-5-7-14(13)20-18(22)17(25-19(20)24)11-12-8-9-15(21)16(10-12)23-2/h4-11,21H,3H2,1-2H3/b17-11-. The zero-order chi connectivity index (χ0) is 18.0. The summed E-state index contributed by atoms with van der Waals surface area (Å²) in [5, 5.41) is 9.69. The number of benzene rings is 2. The summed E-state index contributed by atoms with van der Waals surface area (Å²) >= 11 is 6.71. The number of thioether (sulfide) groups is 1. The molecule has 1 aliphatic heterocycles. The van der Waals surface area contributed by atoms with Gasteiger partial charge >= 0.3 is 0 Å². The second kappa shape index (κ2) is 7.29. The van der Waals surface area contributed by atoms with Crippen molar-refractivity contribution < 1.29 is 14.6 Å². The number of aryl methyl sites for hydroxylation is 1. The Balaban J connectivity index is 1.96. The van der Waals surface area contributed by atoms with Crippen molar-refractivity contribution in [3.63, 3.8) is 0 Å². The molecule has 0 saturated carbocycles. The molecule has 4 nitrogen and oxygen atoms in total. The minimum Gasteiger partial charge on any atom is -0.504 e. The summed E-state index contributed by atoms with van der Waals surface area (Å²) in [5.41, 5.74) is 2.67. The average Bonchev–Trinajstić information content (AvgIpc) is 2.90. The molecule has 0 spiro atoms. The van der Waals surface area contributed by atoms with Crippen molar-refractivity contribution in [3.05, 3.63) is 58.5 Å². The molecule has 0 radical (unpaired) electrons. The largest absolute Gasteiger partial charge is 0.504 e. The summed E-state index contributed by atoms with van der Waals surface area (Å²) in [4.78, 5) is 15.0. The fourth-order valence-corrected chi connectivity index (χ4v) is 3.92. The number of rotatable bonds is 4. The summed E-state index contributed by atoms with van der Waals surface area (Å²) in [5.74, 6) is 0.285. The molecule has 2 aromatic rings. The zero-order valence-corrected chi connectivity index (χ0v) is 15.5. The van der Waals surface area contributed by atoms with Gasteiger partial charge in [-0.05, 0) is 41.8 Å². The highest BCUT2D eigenvalue weighted by Gasteiger charge is 2.34. The van der Waals surface area contributed by atoms with Crippen molar-refractivity contribution in [2.75, 3.05) is 12.0 Å². The SMILES string of the molecule is CCc1ccccc1N1C(=O)/C(=C/c2ccc(O)c(OC)c2)SC1=S. The van der Waals surface area contributed by atoms with Gasteiger partial charge in [0.05, 0.1) is 17.7 Å². The lowest BCUT2D eigenvalue weighted by molar-refractivity contribution is -0.113. The van der Waals surface area contributed by atoms with Crippen molar-refractivity contribution in [1.29, 1.82) is 0 Å². The van der Waals surface area contributed by atoms with Gasteiger partial charge in [-0.15, -0.1) is 0 Å². The third kappa shape index (κ3) is 3.41. The predicted octanol–water partition coefficient (Wildman–Crippen LogP) is 4.37. The number of carbonyl (C=O) groups excluding carboxylic acids is 1. The number of amides is 1. The van der Waals surface area contributed by atoms with E-state index in [9.17, 15) is 9.90 Å². The van der Waals surface area contributed by atoms with E-state index < -0.39 is 0 Å². The van der Waals surface area contributed by atoms with Gasteiger partial charge < -0.3 is 9.84 Å². The molecule has 1 N–H and O–H groups in total. The number of methoxy groups -OCH3 is 1. The van der Waals surface area contributed by atoms with Gasteiger partial charge in [0.25, 0.3) is 5.91 Å². The molecule has 0 aromatic heterocycles. The van der Waals surface area contributed by atoms with Crippen LogP contribution in [0.4, 0.5) is 5.69 Å². The maximum atomic E-state index is 12.9. The number of phenolic OH excluding ortho intramolecular Hbond substituents is 1. The molecular weight excluding hydrogens is 354 g/mol. The molecular formula is C19H17NO3S2. The van der Waals surface area contributed by atoms with Gasteiger partial charge in [-0.25, -0.2) is 0 Å². The normalized spacial score (nSPS) is 15.9. The molecule has 6 heteroatoms. The van der Waals surface area contributed by atoms with Gasteiger partial charge in [-0.1, -0.05) is 55.2 Å². The van der Waals surface area contributed by atoms with Crippen LogP contribution in [0.1, 0.15) is 18.1 Å². The third-order valence-electron chi connectivity index (χ3n) is 3.91. The van der Waals surface area contributed by atoms with Crippen LogP contribution in [0, 0.1) is 0 Å². The Hall–Kier alpha value is -2.31. The van der Waals surface area contributed by atoms with Crippen molar-refractivity contribution in [2.45, 2.75) is 13.3 Å². The van der Waals surface area contributed by atoms with Crippen molar-refractivity contribution in [2.24, 2.45) is 0 Å². The van der Waals surface area contributed by atoms with E-state index >= 15 is 0 Å². The van der Waals surface area contributed by atoms with Gasteiger partial charge in [0, 0.05) is 0 Å². The summed E-state index contributed by atoms with van der Waals surface area (Å²) in [7, 11) is 1.49. The van der Waals surface area contributed by atoms with Crippen molar-refractivity contribution >= 4 is 46.0 Å². The van der Waals surface area contributed by atoms with Gasteiger partial charge in [0.15, 0.2) is 15.8 Å².